The van der Waals surface area contributed by atoms with E-state index < -0.39 is 23.7 Å². The molecule has 0 spiro atoms. The van der Waals surface area contributed by atoms with Crippen molar-refractivity contribution in [3.8, 4) is 17.2 Å². The third-order valence-corrected chi connectivity index (χ3v) is 4.22. The Labute approximate surface area is 182 Å². The van der Waals surface area contributed by atoms with Crippen LogP contribution in [0.4, 0.5) is 4.79 Å². The molecule has 2 N–H and O–H groups in total. The topological polar surface area (TPSA) is 103 Å². The number of benzene rings is 2. The van der Waals surface area contributed by atoms with Crippen molar-refractivity contribution in [1.82, 2.24) is 5.32 Å². The standard InChI is InChI=1S/C23H29NO7/c1-23(2,3)31-22(27)24-19(12-15-6-9-17(25)10-7-15)21(26)30-14-16-8-11-18(28-4)13-20(16)29-5/h6-11,13,19,25H,12,14H2,1-5H3,(H,24,27)/t19-/m1/s1. The second-order valence-electron chi connectivity index (χ2n) is 7.85. The first kappa shape index (κ1) is 23.9. The maximum Gasteiger partial charge on any atom is 0.408 e. The summed E-state index contributed by atoms with van der Waals surface area (Å²) in [6.45, 7) is 5.15. The summed E-state index contributed by atoms with van der Waals surface area (Å²) in [5.74, 6) is 0.609. The van der Waals surface area contributed by atoms with Crippen LogP contribution in [-0.4, -0.2) is 43.0 Å². The van der Waals surface area contributed by atoms with Crippen LogP contribution in [0, 0.1) is 0 Å². The van der Waals surface area contributed by atoms with E-state index in [0.29, 0.717) is 17.1 Å². The number of alkyl carbamates (subject to hydrolysis) is 1. The minimum absolute atomic E-state index is 0.0475. The number of carbonyl (C=O) groups is 2. The van der Waals surface area contributed by atoms with Crippen LogP contribution in [-0.2, 0) is 27.3 Å². The summed E-state index contributed by atoms with van der Waals surface area (Å²) in [6, 6.07) is 10.5. The molecule has 0 saturated carbocycles. The molecule has 0 saturated heterocycles. The highest BCUT2D eigenvalue weighted by Gasteiger charge is 2.26. The summed E-state index contributed by atoms with van der Waals surface area (Å²) < 4.78 is 21.2. The largest absolute Gasteiger partial charge is 0.508 e. The summed E-state index contributed by atoms with van der Waals surface area (Å²) in [4.78, 5) is 25.1. The van der Waals surface area contributed by atoms with Gasteiger partial charge in [0.15, 0.2) is 0 Å². The quantitative estimate of drug-likeness (QED) is 0.616. The van der Waals surface area contributed by atoms with E-state index in [9.17, 15) is 14.7 Å². The van der Waals surface area contributed by atoms with Crippen molar-refractivity contribution in [2.75, 3.05) is 14.2 Å². The number of phenols is 1. The van der Waals surface area contributed by atoms with Crippen molar-refractivity contribution in [2.24, 2.45) is 0 Å². The highest BCUT2D eigenvalue weighted by atomic mass is 16.6. The van der Waals surface area contributed by atoms with Crippen LogP contribution in [0.5, 0.6) is 17.2 Å². The fourth-order valence-corrected chi connectivity index (χ4v) is 2.73. The first-order valence-electron chi connectivity index (χ1n) is 9.76. The van der Waals surface area contributed by atoms with Crippen LogP contribution in [0.15, 0.2) is 42.5 Å². The molecule has 0 aliphatic rings. The van der Waals surface area contributed by atoms with Crippen molar-refractivity contribution >= 4 is 12.1 Å². The van der Waals surface area contributed by atoms with Gasteiger partial charge >= 0.3 is 12.1 Å². The van der Waals surface area contributed by atoms with Crippen molar-refractivity contribution < 1.29 is 33.6 Å². The molecule has 0 radical (unpaired) electrons. The lowest BCUT2D eigenvalue weighted by Gasteiger charge is -2.23. The second kappa shape index (κ2) is 10.6. The molecule has 1 atom stereocenters. The van der Waals surface area contributed by atoms with Crippen molar-refractivity contribution in [1.29, 1.82) is 0 Å². The molecule has 8 nitrogen and oxygen atoms in total. The predicted molar refractivity (Wildman–Crippen MR) is 114 cm³/mol. The number of nitrogens with one attached hydrogen (secondary N) is 1. The SMILES string of the molecule is COc1ccc(COC(=O)[C@@H](Cc2ccc(O)cc2)NC(=O)OC(C)(C)C)c(OC)c1. The van der Waals surface area contributed by atoms with Gasteiger partial charge in [-0.1, -0.05) is 12.1 Å². The van der Waals surface area contributed by atoms with Gasteiger partial charge in [-0.05, 0) is 50.6 Å². The maximum absolute atomic E-state index is 12.8. The summed E-state index contributed by atoms with van der Waals surface area (Å²) >= 11 is 0. The molecule has 2 aromatic rings. The highest BCUT2D eigenvalue weighted by molar-refractivity contribution is 5.81. The van der Waals surface area contributed by atoms with E-state index in [1.165, 1.54) is 19.2 Å². The third-order valence-electron chi connectivity index (χ3n) is 4.22. The van der Waals surface area contributed by atoms with Crippen LogP contribution in [0.3, 0.4) is 0 Å². The molecule has 0 heterocycles. The first-order valence-corrected chi connectivity index (χ1v) is 9.76. The number of hydrogen-bond donors (Lipinski definition) is 2. The molecule has 0 aliphatic carbocycles. The summed E-state index contributed by atoms with van der Waals surface area (Å²) in [7, 11) is 3.06. The van der Waals surface area contributed by atoms with Gasteiger partial charge in [0.2, 0.25) is 0 Å². The number of carbonyl (C=O) groups excluding carboxylic acids is 2. The van der Waals surface area contributed by atoms with Crippen molar-refractivity contribution in [3.63, 3.8) is 0 Å². The van der Waals surface area contributed by atoms with Gasteiger partial charge in [-0.15, -0.1) is 0 Å². The molecule has 0 bridgehead atoms. The van der Waals surface area contributed by atoms with Gasteiger partial charge in [0.25, 0.3) is 0 Å². The Bertz CT molecular complexity index is 888. The summed E-state index contributed by atoms with van der Waals surface area (Å²) in [5.41, 5.74) is 0.670. The Morgan fingerprint density at radius 3 is 2.29 bits per heavy atom. The minimum Gasteiger partial charge on any atom is -0.508 e. The molecular weight excluding hydrogens is 402 g/mol. The molecular formula is C23H29NO7. The molecule has 1 amide bonds. The lowest BCUT2D eigenvalue weighted by atomic mass is 10.1. The fourth-order valence-electron chi connectivity index (χ4n) is 2.73. The number of amides is 1. The van der Waals surface area contributed by atoms with E-state index in [2.05, 4.69) is 5.32 Å². The van der Waals surface area contributed by atoms with Crippen molar-refractivity contribution in [2.45, 2.75) is 45.4 Å². The molecule has 0 aromatic heterocycles. The molecule has 168 valence electrons. The molecule has 0 fully saturated rings. The average Bonchev–Trinajstić information content (AvgIpc) is 2.71. The van der Waals surface area contributed by atoms with Crippen LogP contribution < -0.4 is 14.8 Å². The van der Waals surface area contributed by atoms with Crippen LogP contribution in [0.2, 0.25) is 0 Å². The van der Waals surface area contributed by atoms with E-state index >= 15 is 0 Å². The van der Waals surface area contributed by atoms with Crippen LogP contribution >= 0.6 is 0 Å². The molecule has 2 rings (SSSR count). The number of phenolic OH excluding ortho intramolecular Hbond substituents is 1. The van der Waals surface area contributed by atoms with Gasteiger partial charge in [0, 0.05) is 18.1 Å². The number of methoxy groups -OCH3 is 2. The molecule has 0 aliphatic heterocycles. The zero-order valence-electron chi connectivity index (χ0n) is 18.4. The van der Waals surface area contributed by atoms with E-state index in [0.717, 1.165) is 5.56 Å². The van der Waals surface area contributed by atoms with Crippen LogP contribution in [0.1, 0.15) is 31.9 Å². The minimum atomic E-state index is -0.983. The maximum atomic E-state index is 12.8. The van der Waals surface area contributed by atoms with Gasteiger partial charge in [0.1, 0.15) is 35.5 Å². The number of aromatic hydroxyl groups is 1. The van der Waals surface area contributed by atoms with Gasteiger partial charge in [0.05, 0.1) is 14.2 Å². The summed E-state index contributed by atoms with van der Waals surface area (Å²) in [5, 5.41) is 12.0. The molecule has 0 unspecified atom stereocenters. The average molecular weight is 431 g/mol. The molecule has 2 aromatic carbocycles. The third kappa shape index (κ3) is 7.73. The first-order chi connectivity index (χ1) is 14.6. The Kier molecular flexibility index (Phi) is 8.13. The van der Waals surface area contributed by atoms with E-state index in [-0.39, 0.29) is 18.8 Å². The smallest absolute Gasteiger partial charge is 0.408 e. The van der Waals surface area contributed by atoms with Gasteiger partial charge < -0.3 is 29.4 Å². The molecule has 8 heteroatoms. The monoisotopic (exact) mass is 431 g/mol. The van der Waals surface area contributed by atoms with E-state index in [1.807, 2.05) is 0 Å². The highest BCUT2D eigenvalue weighted by Crippen LogP contribution is 2.25. The Morgan fingerprint density at radius 2 is 1.71 bits per heavy atom. The van der Waals surface area contributed by atoms with Gasteiger partial charge in [-0.2, -0.15) is 0 Å². The Morgan fingerprint density at radius 1 is 1.03 bits per heavy atom. The number of rotatable bonds is 8. The predicted octanol–water partition coefficient (Wildman–Crippen LogP) is 3.59. The molecule has 31 heavy (non-hydrogen) atoms. The fraction of sp³-hybridized carbons (Fsp3) is 0.391. The lowest BCUT2D eigenvalue weighted by molar-refractivity contribution is -0.147. The van der Waals surface area contributed by atoms with Gasteiger partial charge in [-0.25, -0.2) is 9.59 Å². The number of esters is 1. The van der Waals surface area contributed by atoms with E-state index in [4.69, 9.17) is 18.9 Å². The number of ether oxygens (including phenoxy) is 4. The summed E-state index contributed by atoms with van der Waals surface area (Å²) in [6.07, 6.45) is -0.562. The zero-order chi connectivity index (χ0) is 23.0. The van der Waals surface area contributed by atoms with E-state index in [1.54, 1.807) is 58.2 Å². The normalized spacial score (nSPS) is 11.9. The Balaban J connectivity index is 2.13. The van der Waals surface area contributed by atoms with Crippen molar-refractivity contribution in [3.05, 3.63) is 53.6 Å². The zero-order valence-corrected chi connectivity index (χ0v) is 18.4. The van der Waals surface area contributed by atoms with Gasteiger partial charge in [-0.3, -0.25) is 0 Å². The number of hydrogen-bond acceptors (Lipinski definition) is 7. The Hall–Kier alpha value is -3.42. The second-order valence-corrected chi connectivity index (χ2v) is 7.85. The lowest BCUT2D eigenvalue weighted by Crippen LogP contribution is -2.45. The van der Waals surface area contributed by atoms with Crippen LogP contribution in [0.25, 0.3) is 0 Å².